The molecule has 2 bridgehead atoms. The second kappa shape index (κ2) is 8.30. The zero-order valence-corrected chi connectivity index (χ0v) is 19.2. The largest absolute Gasteiger partial charge is 0.465 e. The summed E-state index contributed by atoms with van der Waals surface area (Å²) in [4.78, 5) is 40.2. The molecule has 2 saturated carbocycles. The molecule has 3 aromatic heterocycles. The molecule has 3 heterocycles. The maximum atomic E-state index is 13.7. The number of nitrogens with zero attached hydrogens (tertiary/aromatic N) is 5. The lowest BCUT2D eigenvalue weighted by Crippen LogP contribution is -2.31. The van der Waals surface area contributed by atoms with Crippen LogP contribution in [-0.4, -0.2) is 50.5 Å². The molecule has 10 heteroatoms. The molecule has 9 nitrogen and oxygen atoms in total. The second-order valence-corrected chi connectivity index (χ2v) is 9.28. The molecule has 0 saturated heterocycles. The molecule has 2 aliphatic carbocycles. The molecular weight excluding hydrogens is 444 g/mol. The molecular formula is C23H25ClN6O3. The smallest absolute Gasteiger partial charge is 0.339 e. The summed E-state index contributed by atoms with van der Waals surface area (Å²) in [6.45, 7) is 0.0962. The van der Waals surface area contributed by atoms with Gasteiger partial charge in [0.25, 0.3) is 5.91 Å². The quantitative estimate of drug-likeness (QED) is 0.450. The molecule has 3 atom stereocenters. The predicted octanol–water partition coefficient (Wildman–Crippen LogP) is 3.48. The van der Waals surface area contributed by atoms with Crippen LogP contribution in [0.15, 0.2) is 24.4 Å². The number of esters is 1. The monoisotopic (exact) mass is 468 g/mol. The van der Waals surface area contributed by atoms with E-state index < -0.39 is 5.97 Å². The van der Waals surface area contributed by atoms with E-state index >= 15 is 0 Å². The van der Waals surface area contributed by atoms with Crippen LogP contribution in [0.1, 0.15) is 58.3 Å². The summed E-state index contributed by atoms with van der Waals surface area (Å²) in [5, 5.41) is 0.931. The lowest BCUT2D eigenvalue weighted by Gasteiger charge is -2.27. The third-order valence-electron chi connectivity index (χ3n) is 6.93. The zero-order valence-electron chi connectivity index (χ0n) is 18.5. The van der Waals surface area contributed by atoms with Gasteiger partial charge in [-0.15, -0.1) is 0 Å². The molecule has 0 aromatic carbocycles. The first kappa shape index (κ1) is 21.6. The van der Waals surface area contributed by atoms with Crippen LogP contribution >= 0.6 is 11.6 Å². The Labute approximate surface area is 195 Å². The van der Waals surface area contributed by atoms with Crippen LogP contribution < -0.4 is 5.73 Å². The van der Waals surface area contributed by atoms with Gasteiger partial charge in [0.1, 0.15) is 17.2 Å². The lowest BCUT2D eigenvalue weighted by atomic mass is 9.95. The van der Waals surface area contributed by atoms with Crippen molar-refractivity contribution in [2.24, 2.45) is 11.8 Å². The predicted molar refractivity (Wildman–Crippen MR) is 123 cm³/mol. The summed E-state index contributed by atoms with van der Waals surface area (Å²) in [6, 6.07) is 5.12. The summed E-state index contributed by atoms with van der Waals surface area (Å²) < 4.78 is 6.91. The maximum absolute atomic E-state index is 13.7. The number of ether oxygens (including phenoxy) is 1. The first-order valence-electron chi connectivity index (χ1n) is 11.0. The minimum Gasteiger partial charge on any atom is -0.465 e. The van der Waals surface area contributed by atoms with Gasteiger partial charge in [-0.25, -0.2) is 14.8 Å². The molecule has 2 fully saturated rings. The number of nitrogen functional groups attached to an aromatic ring is 1. The van der Waals surface area contributed by atoms with Gasteiger partial charge in [0.15, 0.2) is 0 Å². The number of fused-ring (bicyclic) bond motifs is 3. The number of methoxy groups -OCH3 is 1. The Morgan fingerprint density at radius 1 is 1.27 bits per heavy atom. The number of nitrogens with two attached hydrogens (primary N) is 1. The number of amides is 1. The number of hydrogen-bond donors (Lipinski definition) is 1. The molecule has 0 spiro atoms. The highest BCUT2D eigenvalue weighted by atomic mass is 35.5. The van der Waals surface area contributed by atoms with Gasteiger partial charge in [-0.1, -0.05) is 6.42 Å². The van der Waals surface area contributed by atoms with Gasteiger partial charge in [-0.2, -0.15) is 4.98 Å². The summed E-state index contributed by atoms with van der Waals surface area (Å²) in [6.07, 6.45) is 6.27. The SMILES string of the molecule is COC(=O)c1ccc(N)nc1CN(C)C(=O)c1cc2cnc(Cl)nc2n1[C@@H]1C[C@H]2CC[C@@H]1C2. The van der Waals surface area contributed by atoms with Crippen molar-refractivity contribution in [2.45, 2.75) is 38.3 Å². The molecule has 0 unspecified atom stereocenters. The summed E-state index contributed by atoms with van der Waals surface area (Å²) in [7, 11) is 2.98. The van der Waals surface area contributed by atoms with Crippen molar-refractivity contribution in [2.75, 3.05) is 19.9 Å². The molecule has 172 valence electrons. The fourth-order valence-corrected chi connectivity index (χ4v) is 5.57. The third-order valence-corrected chi connectivity index (χ3v) is 7.11. The van der Waals surface area contributed by atoms with Crippen molar-refractivity contribution in [3.8, 4) is 0 Å². The highest BCUT2D eigenvalue weighted by Crippen LogP contribution is 2.52. The lowest BCUT2D eigenvalue weighted by molar-refractivity contribution is 0.0594. The third kappa shape index (κ3) is 3.80. The van der Waals surface area contributed by atoms with Crippen LogP contribution in [0.25, 0.3) is 11.0 Å². The Morgan fingerprint density at radius 3 is 2.79 bits per heavy atom. The van der Waals surface area contributed by atoms with Crippen molar-refractivity contribution in [1.82, 2.24) is 24.4 Å². The van der Waals surface area contributed by atoms with Gasteiger partial charge in [-0.05, 0) is 60.9 Å². The van der Waals surface area contributed by atoms with Crippen molar-refractivity contribution >= 4 is 40.3 Å². The zero-order chi connectivity index (χ0) is 23.3. The summed E-state index contributed by atoms with van der Waals surface area (Å²) >= 11 is 6.12. The first-order chi connectivity index (χ1) is 15.9. The number of aromatic nitrogens is 4. The average Bonchev–Trinajstić information content (AvgIpc) is 3.51. The Hall–Kier alpha value is -3.20. The van der Waals surface area contributed by atoms with Gasteiger partial charge < -0.3 is 19.9 Å². The minimum absolute atomic E-state index is 0.0962. The van der Waals surface area contributed by atoms with Gasteiger partial charge >= 0.3 is 5.97 Å². The Morgan fingerprint density at radius 2 is 2.09 bits per heavy atom. The average molecular weight is 469 g/mol. The number of rotatable bonds is 5. The van der Waals surface area contributed by atoms with E-state index in [1.807, 2.05) is 6.07 Å². The summed E-state index contributed by atoms with van der Waals surface area (Å²) in [5.41, 5.74) is 7.71. The normalized spacial score (nSPS) is 21.5. The number of halogens is 1. The van der Waals surface area contributed by atoms with Crippen molar-refractivity contribution in [1.29, 1.82) is 0 Å². The fourth-order valence-electron chi connectivity index (χ4n) is 5.44. The molecule has 5 rings (SSSR count). The Balaban J connectivity index is 1.52. The number of hydrogen-bond acceptors (Lipinski definition) is 7. The fraction of sp³-hybridized carbons (Fsp3) is 0.435. The van der Waals surface area contributed by atoms with E-state index in [2.05, 4.69) is 19.5 Å². The second-order valence-electron chi connectivity index (χ2n) is 8.94. The van der Waals surface area contributed by atoms with Crippen LogP contribution in [0, 0.1) is 11.8 Å². The molecule has 2 aliphatic rings. The standard InChI is InChI=1S/C23H25ClN6O3/c1-29(11-16-15(22(32)33-2)5-6-19(25)27-16)21(31)18-9-14-10-26-23(24)28-20(14)30(18)17-8-12-3-4-13(17)7-12/h5-6,9-10,12-13,17H,3-4,7-8,11H2,1-2H3,(H2,25,27)/t12-,13+,17+/m0/s1. The topological polar surface area (TPSA) is 116 Å². The molecule has 1 amide bonds. The van der Waals surface area contributed by atoms with Gasteiger partial charge in [0.05, 0.1) is 24.9 Å². The molecule has 0 aliphatic heterocycles. The number of anilines is 1. The Kier molecular flexibility index (Phi) is 5.44. The van der Waals surface area contributed by atoms with Gasteiger partial charge in [-0.3, -0.25) is 4.79 Å². The van der Waals surface area contributed by atoms with Crippen LogP contribution in [-0.2, 0) is 11.3 Å². The van der Waals surface area contributed by atoms with E-state index in [9.17, 15) is 9.59 Å². The number of pyridine rings is 1. The summed E-state index contributed by atoms with van der Waals surface area (Å²) in [5.74, 6) is 0.748. The number of carbonyl (C=O) groups is 2. The minimum atomic E-state index is -0.528. The molecule has 33 heavy (non-hydrogen) atoms. The van der Waals surface area contributed by atoms with E-state index in [0.29, 0.717) is 28.9 Å². The highest BCUT2D eigenvalue weighted by Gasteiger charge is 2.42. The van der Waals surface area contributed by atoms with Crippen LogP contribution in [0.2, 0.25) is 5.28 Å². The van der Waals surface area contributed by atoms with Crippen LogP contribution in [0.4, 0.5) is 5.82 Å². The van der Waals surface area contributed by atoms with E-state index in [1.54, 1.807) is 19.3 Å². The van der Waals surface area contributed by atoms with Gasteiger partial charge in [0.2, 0.25) is 5.28 Å². The van der Waals surface area contributed by atoms with Gasteiger partial charge in [0, 0.05) is 24.7 Å². The highest BCUT2D eigenvalue weighted by molar-refractivity contribution is 6.28. The molecule has 0 radical (unpaired) electrons. The first-order valence-corrected chi connectivity index (χ1v) is 11.4. The Bertz CT molecular complexity index is 1260. The van der Waals surface area contributed by atoms with E-state index in [4.69, 9.17) is 22.1 Å². The van der Waals surface area contributed by atoms with Crippen LogP contribution in [0.3, 0.4) is 0 Å². The molecule has 3 aromatic rings. The van der Waals surface area contributed by atoms with E-state index in [1.165, 1.54) is 30.9 Å². The van der Waals surface area contributed by atoms with Crippen molar-refractivity contribution in [3.63, 3.8) is 0 Å². The van der Waals surface area contributed by atoms with Crippen molar-refractivity contribution in [3.05, 3.63) is 46.6 Å². The maximum Gasteiger partial charge on any atom is 0.339 e. The molecule has 2 N–H and O–H groups in total. The van der Waals surface area contributed by atoms with E-state index in [-0.39, 0.29) is 35.2 Å². The van der Waals surface area contributed by atoms with Crippen molar-refractivity contribution < 1.29 is 14.3 Å². The van der Waals surface area contributed by atoms with Crippen LogP contribution in [0.5, 0.6) is 0 Å². The van der Waals surface area contributed by atoms with E-state index in [0.717, 1.165) is 18.2 Å². The number of carbonyl (C=O) groups excluding carboxylic acids is 2.